The minimum absolute atomic E-state index is 0.678. The first-order chi connectivity index (χ1) is 5.70. The molecule has 0 fully saturated rings. The van der Waals surface area contributed by atoms with E-state index in [0.717, 1.165) is 12.1 Å². The van der Waals surface area contributed by atoms with Crippen LogP contribution in [-0.4, -0.2) is 19.5 Å². The molecule has 0 saturated carbocycles. The number of hydrogen-bond acceptors (Lipinski definition) is 2. The Hall–Kier alpha value is -0.920. The Bertz CT molecular complexity index is 174. The second kappa shape index (κ2) is 6.77. The van der Waals surface area contributed by atoms with Crippen molar-refractivity contribution in [2.45, 2.75) is 27.2 Å². The van der Waals surface area contributed by atoms with Gasteiger partial charge in [-0.2, -0.15) is 0 Å². The van der Waals surface area contributed by atoms with Crippen molar-refractivity contribution in [1.82, 2.24) is 0 Å². The molecule has 68 valence electrons. The first-order valence-electron chi connectivity index (χ1n) is 4.31. The third-order valence-corrected chi connectivity index (χ3v) is 1.34. The van der Waals surface area contributed by atoms with Crippen LogP contribution < -0.4 is 0 Å². The molecule has 0 saturated heterocycles. The van der Waals surface area contributed by atoms with Crippen LogP contribution in [0.1, 0.15) is 27.2 Å². The maximum absolute atomic E-state index is 4.17. The molecule has 0 spiro atoms. The molecule has 0 bridgehead atoms. The van der Waals surface area contributed by atoms with E-state index in [2.05, 4.69) is 29.9 Å². The lowest BCUT2D eigenvalue weighted by Crippen LogP contribution is -1.86. The van der Waals surface area contributed by atoms with Crippen LogP contribution in [0.15, 0.2) is 21.8 Å². The maximum atomic E-state index is 4.17. The Labute approximate surface area is 75.1 Å². The van der Waals surface area contributed by atoms with Crippen LogP contribution in [0.25, 0.3) is 0 Å². The Kier molecular flexibility index (Phi) is 6.25. The largest absolute Gasteiger partial charge is 0.294 e. The maximum Gasteiger partial charge on any atom is 0.0763 e. The molecule has 0 aromatic heterocycles. The average molecular weight is 166 g/mol. The van der Waals surface area contributed by atoms with E-state index in [1.165, 1.54) is 0 Å². The molecule has 0 heterocycles. The lowest BCUT2D eigenvalue weighted by Gasteiger charge is -1.98. The second-order valence-electron chi connectivity index (χ2n) is 3.03. The lowest BCUT2D eigenvalue weighted by molar-refractivity contribution is 0.662. The minimum atomic E-state index is 0.678. The van der Waals surface area contributed by atoms with Crippen molar-refractivity contribution < 1.29 is 0 Å². The molecule has 0 aromatic carbocycles. The van der Waals surface area contributed by atoms with Gasteiger partial charge in [0.25, 0.3) is 0 Å². The van der Waals surface area contributed by atoms with Crippen LogP contribution in [0.2, 0.25) is 0 Å². The van der Waals surface area contributed by atoms with Gasteiger partial charge in [0.1, 0.15) is 0 Å². The summed E-state index contributed by atoms with van der Waals surface area (Å²) in [5, 5.41) is 0. The third kappa shape index (κ3) is 5.83. The summed E-state index contributed by atoms with van der Waals surface area (Å²) in [6.07, 6.45) is 6.73. The van der Waals surface area contributed by atoms with Crippen LogP contribution in [-0.2, 0) is 0 Å². The molecule has 0 aliphatic heterocycles. The summed E-state index contributed by atoms with van der Waals surface area (Å²) in [5.41, 5.74) is 0.953. The van der Waals surface area contributed by atoms with Gasteiger partial charge in [-0.05, 0) is 19.3 Å². The van der Waals surface area contributed by atoms with Crippen molar-refractivity contribution in [3.8, 4) is 0 Å². The van der Waals surface area contributed by atoms with E-state index in [0.29, 0.717) is 5.92 Å². The number of rotatable bonds is 4. The van der Waals surface area contributed by atoms with Crippen LogP contribution in [0.4, 0.5) is 0 Å². The summed E-state index contributed by atoms with van der Waals surface area (Å²) in [7, 11) is 1.76. The van der Waals surface area contributed by atoms with E-state index in [9.17, 15) is 0 Å². The molecule has 0 amide bonds. The van der Waals surface area contributed by atoms with Crippen molar-refractivity contribution in [1.29, 1.82) is 0 Å². The van der Waals surface area contributed by atoms with Gasteiger partial charge in [0.2, 0.25) is 0 Å². The zero-order valence-corrected chi connectivity index (χ0v) is 8.41. The first-order valence-corrected chi connectivity index (χ1v) is 4.31. The van der Waals surface area contributed by atoms with E-state index in [-0.39, 0.29) is 0 Å². The summed E-state index contributed by atoms with van der Waals surface area (Å²) >= 11 is 0. The van der Waals surface area contributed by atoms with Crippen LogP contribution in [0, 0.1) is 5.92 Å². The number of nitrogens with zero attached hydrogens (tertiary/aromatic N) is 2. The predicted octanol–water partition coefficient (Wildman–Crippen LogP) is 2.71. The summed E-state index contributed by atoms with van der Waals surface area (Å²) in [6, 6.07) is 0. The molecule has 0 rings (SSSR count). The van der Waals surface area contributed by atoms with Gasteiger partial charge >= 0.3 is 0 Å². The Balaban J connectivity index is 4.18. The van der Waals surface area contributed by atoms with E-state index in [1.807, 2.05) is 6.92 Å². The molecule has 0 radical (unpaired) electrons. The molecule has 2 nitrogen and oxygen atoms in total. The highest BCUT2D eigenvalue weighted by Gasteiger charge is 1.91. The van der Waals surface area contributed by atoms with Gasteiger partial charge in [0.15, 0.2) is 0 Å². The highest BCUT2D eigenvalue weighted by Crippen LogP contribution is 2.03. The van der Waals surface area contributed by atoms with Crippen molar-refractivity contribution in [3.63, 3.8) is 0 Å². The minimum Gasteiger partial charge on any atom is -0.294 e. The zero-order chi connectivity index (χ0) is 9.40. The lowest BCUT2D eigenvalue weighted by atomic mass is 10.1. The standard InChI is InChI=1S/C10H18N2/c1-5-12-10(8-11-4)7-6-9(2)3/h5,7-9H,6H2,1-4H3/b10-7?,11-8-,12-5-. The van der Waals surface area contributed by atoms with Gasteiger partial charge in [0, 0.05) is 19.5 Å². The van der Waals surface area contributed by atoms with E-state index in [4.69, 9.17) is 0 Å². The van der Waals surface area contributed by atoms with Gasteiger partial charge in [-0.1, -0.05) is 19.9 Å². The zero-order valence-electron chi connectivity index (χ0n) is 8.41. The smallest absolute Gasteiger partial charge is 0.0763 e. The number of hydrogen-bond donors (Lipinski definition) is 0. The summed E-state index contributed by atoms with van der Waals surface area (Å²) in [6.45, 7) is 6.28. The van der Waals surface area contributed by atoms with Gasteiger partial charge in [-0.15, -0.1) is 0 Å². The van der Waals surface area contributed by atoms with Gasteiger partial charge in [0.05, 0.1) is 5.70 Å². The molecule has 12 heavy (non-hydrogen) atoms. The van der Waals surface area contributed by atoms with E-state index in [1.54, 1.807) is 19.5 Å². The normalized spacial score (nSPS) is 13.9. The number of allylic oxidation sites excluding steroid dienone is 2. The first kappa shape index (κ1) is 11.1. The Morgan fingerprint density at radius 3 is 2.50 bits per heavy atom. The molecule has 2 heteroatoms. The molecule has 0 unspecified atom stereocenters. The van der Waals surface area contributed by atoms with Crippen molar-refractivity contribution in [3.05, 3.63) is 11.8 Å². The Morgan fingerprint density at radius 2 is 2.08 bits per heavy atom. The predicted molar refractivity (Wildman–Crippen MR) is 56.1 cm³/mol. The molecule has 0 atom stereocenters. The molecule has 0 aliphatic carbocycles. The van der Waals surface area contributed by atoms with Crippen LogP contribution >= 0.6 is 0 Å². The number of aliphatic imine (C=N–C) groups is 2. The van der Waals surface area contributed by atoms with Gasteiger partial charge in [-0.3, -0.25) is 9.98 Å². The van der Waals surface area contributed by atoms with Gasteiger partial charge < -0.3 is 0 Å². The van der Waals surface area contributed by atoms with Crippen LogP contribution in [0.5, 0.6) is 0 Å². The van der Waals surface area contributed by atoms with E-state index < -0.39 is 0 Å². The fourth-order valence-electron chi connectivity index (χ4n) is 0.777. The van der Waals surface area contributed by atoms with Crippen molar-refractivity contribution in [2.75, 3.05) is 7.05 Å². The SMILES string of the molecule is C/C=N\C(=CCC(C)C)/C=N\C. The molecule has 0 aromatic rings. The highest BCUT2D eigenvalue weighted by molar-refractivity contribution is 5.80. The summed E-state index contributed by atoms with van der Waals surface area (Å²) < 4.78 is 0. The molecular weight excluding hydrogens is 148 g/mol. The van der Waals surface area contributed by atoms with Gasteiger partial charge in [-0.25, -0.2) is 0 Å². The van der Waals surface area contributed by atoms with Crippen molar-refractivity contribution in [2.24, 2.45) is 15.9 Å². The summed E-state index contributed by atoms with van der Waals surface area (Å²) in [5.74, 6) is 0.678. The highest BCUT2D eigenvalue weighted by atomic mass is 14.8. The molecule has 0 aliphatic rings. The van der Waals surface area contributed by atoms with Crippen LogP contribution in [0.3, 0.4) is 0 Å². The fraction of sp³-hybridized carbons (Fsp3) is 0.600. The topological polar surface area (TPSA) is 24.7 Å². The Morgan fingerprint density at radius 1 is 1.42 bits per heavy atom. The molecule has 0 N–H and O–H groups in total. The quantitative estimate of drug-likeness (QED) is 0.574. The summed E-state index contributed by atoms with van der Waals surface area (Å²) in [4.78, 5) is 8.10. The average Bonchev–Trinajstić information content (AvgIpc) is 2.01. The second-order valence-corrected chi connectivity index (χ2v) is 3.03. The monoisotopic (exact) mass is 166 g/mol. The third-order valence-electron chi connectivity index (χ3n) is 1.34. The van der Waals surface area contributed by atoms with E-state index >= 15 is 0 Å². The molecular formula is C10H18N2. The van der Waals surface area contributed by atoms with Crippen molar-refractivity contribution >= 4 is 12.4 Å². The fourth-order valence-corrected chi connectivity index (χ4v) is 0.777.